The molecule has 0 radical (unpaired) electrons. The molecule has 1 aromatic heterocycles. The first-order chi connectivity index (χ1) is 10.7. The first-order valence-corrected chi connectivity index (χ1v) is 8.64. The normalized spacial score (nSPS) is 11.5. The van der Waals surface area contributed by atoms with E-state index < -0.39 is 15.9 Å². The minimum atomic E-state index is -3.65. The molecule has 1 amide bonds. The zero-order valence-electron chi connectivity index (χ0n) is 13.0. The smallest absolute Gasteiger partial charge is 0.255 e. The molecule has 0 atom stereocenters. The number of carbonyl (C=O) groups excluding carboxylic acids is 1. The third-order valence-corrected chi connectivity index (χ3v) is 5.02. The molecule has 0 aliphatic heterocycles. The van der Waals surface area contributed by atoms with Gasteiger partial charge < -0.3 is 9.32 Å². The SMILES string of the molecule is CNS(=O)(=O)c1ccc(Cl)c(C(=O)N(C)Cc2ccc(C)o2)c1. The van der Waals surface area contributed by atoms with Crippen LogP contribution in [-0.2, 0) is 16.6 Å². The Kier molecular flexibility index (Phi) is 5.13. The van der Waals surface area contributed by atoms with Gasteiger partial charge in [0.25, 0.3) is 5.91 Å². The topological polar surface area (TPSA) is 79.6 Å². The van der Waals surface area contributed by atoms with Crippen molar-refractivity contribution in [1.82, 2.24) is 9.62 Å². The van der Waals surface area contributed by atoms with Gasteiger partial charge in [-0.2, -0.15) is 0 Å². The van der Waals surface area contributed by atoms with E-state index in [1.807, 2.05) is 6.92 Å². The van der Waals surface area contributed by atoms with Crippen LogP contribution >= 0.6 is 11.6 Å². The fourth-order valence-corrected chi connectivity index (χ4v) is 2.99. The fraction of sp³-hybridized carbons (Fsp3) is 0.267. The number of halogens is 1. The van der Waals surface area contributed by atoms with Gasteiger partial charge in [-0.3, -0.25) is 4.79 Å². The molecule has 23 heavy (non-hydrogen) atoms. The Morgan fingerprint density at radius 3 is 2.57 bits per heavy atom. The Morgan fingerprint density at radius 2 is 2.00 bits per heavy atom. The summed E-state index contributed by atoms with van der Waals surface area (Å²) in [6.45, 7) is 2.07. The molecule has 124 valence electrons. The molecule has 1 heterocycles. The maximum atomic E-state index is 12.5. The quantitative estimate of drug-likeness (QED) is 0.892. The second-order valence-electron chi connectivity index (χ2n) is 5.02. The van der Waals surface area contributed by atoms with E-state index in [0.29, 0.717) is 5.76 Å². The average molecular weight is 357 g/mol. The number of sulfonamides is 1. The van der Waals surface area contributed by atoms with Gasteiger partial charge in [-0.1, -0.05) is 11.6 Å². The second-order valence-corrected chi connectivity index (χ2v) is 7.32. The summed E-state index contributed by atoms with van der Waals surface area (Å²) in [6.07, 6.45) is 0. The zero-order chi connectivity index (χ0) is 17.2. The van der Waals surface area contributed by atoms with Crippen molar-refractivity contribution in [3.63, 3.8) is 0 Å². The molecular weight excluding hydrogens is 340 g/mol. The van der Waals surface area contributed by atoms with Crippen molar-refractivity contribution in [1.29, 1.82) is 0 Å². The van der Waals surface area contributed by atoms with Crippen LogP contribution in [0.15, 0.2) is 39.6 Å². The number of furan rings is 1. The van der Waals surface area contributed by atoms with E-state index in [2.05, 4.69) is 4.72 Å². The average Bonchev–Trinajstić information content (AvgIpc) is 2.91. The number of hydrogen-bond acceptors (Lipinski definition) is 4. The van der Waals surface area contributed by atoms with Gasteiger partial charge in [0.2, 0.25) is 10.0 Å². The number of benzene rings is 1. The molecule has 6 nitrogen and oxygen atoms in total. The summed E-state index contributed by atoms with van der Waals surface area (Å²) >= 11 is 6.05. The van der Waals surface area contributed by atoms with Gasteiger partial charge in [0.15, 0.2) is 0 Å². The van der Waals surface area contributed by atoms with Crippen molar-refractivity contribution in [2.24, 2.45) is 0 Å². The lowest BCUT2D eigenvalue weighted by atomic mass is 10.2. The van der Waals surface area contributed by atoms with Crippen molar-refractivity contribution in [3.8, 4) is 0 Å². The molecule has 0 bridgehead atoms. The first kappa shape index (κ1) is 17.5. The van der Waals surface area contributed by atoms with Crippen molar-refractivity contribution >= 4 is 27.5 Å². The fourth-order valence-electron chi connectivity index (χ4n) is 2.03. The highest BCUT2D eigenvalue weighted by molar-refractivity contribution is 7.89. The Morgan fingerprint density at radius 1 is 1.30 bits per heavy atom. The predicted molar refractivity (Wildman–Crippen MR) is 86.9 cm³/mol. The summed E-state index contributed by atoms with van der Waals surface area (Å²) in [5, 5.41) is 0.188. The minimum Gasteiger partial charge on any atom is -0.464 e. The molecule has 2 rings (SSSR count). The highest BCUT2D eigenvalue weighted by Crippen LogP contribution is 2.22. The van der Waals surface area contributed by atoms with E-state index in [-0.39, 0.29) is 22.0 Å². The van der Waals surface area contributed by atoms with Gasteiger partial charge in [0.05, 0.1) is 22.0 Å². The molecule has 0 spiro atoms. The highest BCUT2D eigenvalue weighted by atomic mass is 35.5. The Bertz CT molecular complexity index is 830. The van der Waals surface area contributed by atoms with Crippen LogP contribution in [0.1, 0.15) is 21.9 Å². The lowest BCUT2D eigenvalue weighted by molar-refractivity contribution is 0.0775. The largest absolute Gasteiger partial charge is 0.464 e. The zero-order valence-corrected chi connectivity index (χ0v) is 14.5. The molecule has 0 unspecified atom stereocenters. The van der Waals surface area contributed by atoms with E-state index in [4.69, 9.17) is 16.0 Å². The van der Waals surface area contributed by atoms with Gasteiger partial charge in [0.1, 0.15) is 11.5 Å². The van der Waals surface area contributed by atoms with Crippen LogP contribution in [0.5, 0.6) is 0 Å². The Balaban J connectivity index is 2.29. The molecule has 2 aromatic rings. The van der Waals surface area contributed by atoms with Crippen LogP contribution < -0.4 is 4.72 Å². The van der Waals surface area contributed by atoms with Gasteiger partial charge in [-0.05, 0) is 44.3 Å². The Hall–Kier alpha value is -1.83. The van der Waals surface area contributed by atoms with Crippen LogP contribution in [0.3, 0.4) is 0 Å². The molecule has 1 N–H and O–H groups in total. The van der Waals surface area contributed by atoms with E-state index >= 15 is 0 Å². The van der Waals surface area contributed by atoms with E-state index in [0.717, 1.165) is 5.76 Å². The van der Waals surface area contributed by atoms with Crippen molar-refractivity contribution in [2.75, 3.05) is 14.1 Å². The molecule has 0 saturated carbocycles. The summed E-state index contributed by atoms with van der Waals surface area (Å²) in [6, 6.07) is 7.59. The van der Waals surface area contributed by atoms with Crippen LogP contribution in [0.25, 0.3) is 0 Å². The summed E-state index contributed by atoms with van der Waals surface area (Å²) < 4.78 is 31.4. The molecule has 0 aliphatic carbocycles. The molecule has 0 saturated heterocycles. The van der Waals surface area contributed by atoms with Gasteiger partial charge in [-0.25, -0.2) is 13.1 Å². The van der Waals surface area contributed by atoms with Crippen LogP contribution in [-0.4, -0.2) is 33.3 Å². The van der Waals surface area contributed by atoms with E-state index in [9.17, 15) is 13.2 Å². The molecule has 0 aliphatic rings. The lowest BCUT2D eigenvalue weighted by Crippen LogP contribution is -2.27. The number of hydrogen-bond donors (Lipinski definition) is 1. The second kappa shape index (κ2) is 6.74. The third-order valence-electron chi connectivity index (χ3n) is 3.28. The number of nitrogens with one attached hydrogen (secondary N) is 1. The summed E-state index contributed by atoms with van der Waals surface area (Å²) in [5.41, 5.74) is 0.119. The minimum absolute atomic E-state index is 0.0185. The number of aryl methyl sites for hydroxylation is 1. The first-order valence-electron chi connectivity index (χ1n) is 6.78. The third kappa shape index (κ3) is 3.93. The number of carbonyl (C=O) groups is 1. The number of nitrogens with zero attached hydrogens (tertiary/aromatic N) is 1. The van der Waals surface area contributed by atoms with Gasteiger partial charge in [-0.15, -0.1) is 0 Å². The maximum Gasteiger partial charge on any atom is 0.255 e. The van der Waals surface area contributed by atoms with Crippen LogP contribution in [0.4, 0.5) is 0 Å². The van der Waals surface area contributed by atoms with Crippen LogP contribution in [0, 0.1) is 6.92 Å². The maximum absolute atomic E-state index is 12.5. The van der Waals surface area contributed by atoms with Crippen LogP contribution in [0.2, 0.25) is 5.02 Å². The molecular formula is C15H17ClN2O4S. The molecule has 1 aromatic carbocycles. The monoisotopic (exact) mass is 356 g/mol. The van der Waals surface area contributed by atoms with Gasteiger partial charge >= 0.3 is 0 Å². The van der Waals surface area contributed by atoms with Gasteiger partial charge in [0, 0.05) is 7.05 Å². The number of amides is 1. The van der Waals surface area contributed by atoms with Crippen molar-refractivity contribution in [3.05, 3.63) is 52.4 Å². The standard InChI is InChI=1S/C15H17ClN2O4S/c1-10-4-5-11(22-10)9-18(3)15(19)13-8-12(6-7-14(13)16)23(20,21)17-2/h4-8,17H,9H2,1-3H3. The lowest BCUT2D eigenvalue weighted by Gasteiger charge is -2.17. The summed E-state index contributed by atoms with van der Waals surface area (Å²) in [7, 11) is -0.755. The van der Waals surface area contributed by atoms with Crippen molar-refractivity contribution < 1.29 is 17.6 Å². The Labute approximate surface area is 140 Å². The van der Waals surface area contributed by atoms with Crippen molar-refractivity contribution in [2.45, 2.75) is 18.4 Å². The van der Waals surface area contributed by atoms with E-state index in [1.54, 1.807) is 19.2 Å². The highest BCUT2D eigenvalue weighted by Gasteiger charge is 2.20. The summed E-state index contributed by atoms with van der Waals surface area (Å²) in [5.74, 6) is 0.992. The predicted octanol–water partition coefficient (Wildman–Crippen LogP) is 2.42. The molecule has 0 fully saturated rings. The summed E-state index contributed by atoms with van der Waals surface area (Å²) in [4.78, 5) is 13.9. The van der Waals surface area contributed by atoms with E-state index in [1.165, 1.54) is 30.1 Å². The number of rotatable bonds is 5. The molecule has 8 heteroatoms.